The number of benzene rings is 1. The lowest BCUT2D eigenvalue weighted by Gasteiger charge is -2.03. The van der Waals surface area contributed by atoms with E-state index in [1.807, 2.05) is 11.7 Å². The molecule has 0 saturated carbocycles. The Hall–Kier alpha value is -1.13. The first-order valence-electron chi connectivity index (χ1n) is 6.24. The van der Waals surface area contributed by atoms with Crippen molar-refractivity contribution in [2.75, 3.05) is 0 Å². The highest BCUT2D eigenvalue weighted by Crippen LogP contribution is 2.33. The van der Waals surface area contributed by atoms with Crippen LogP contribution in [0.5, 0.6) is 0 Å². The van der Waals surface area contributed by atoms with Crippen molar-refractivity contribution in [3.63, 3.8) is 0 Å². The highest BCUT2D eigenvalue weighted by atomic mass is 79.9. The Balaban J connectivity index is 2.10. The fourth-order valence-electron chi connectivity index (χ4n) is 2.66. The highest BCUT2D eigenvalue weighted by Gasteiger charge is 2.17. The van der Waals surface area contributed by atoms with Crippen LogP contribution in [0.15, 0.2) is 22.7 Å². The van der Waals surface area contributed by atoms with Gasteiger partial charge in [-0.3, -0.25) is 4.68 Å². The summed E-state index contributed by atoms with van der Waals surface area (Å²) in [6.45, 7) is 0.495. The molecule has 2 N–H and O–H groups in total. The Morgan fingerprint density at radius 3 is 2.83 bits per heavy atom. The van der Waals surface area contributed by atoms with Crippen LogP contribution < -0.4 is 5.73 Å². The van der Waals surface area contributed by atoms with Crippen molar-refractivity contribution in [1.29, 1.82) is 0 Å². The molecule has 0 radical (unpaired) electrons. The quantitative estimate of drug-likeness (QED) is 0.927. The molecule has 0 saturated heterocycles. The van der Waals surface area contributed by atoms with Crippen LogP contribution in [0.4, 0.5) is 0 Å². The van der Waals surface area contributed by atoms with E-state index >= 15 is 0 Å². The molecule has 2 aromatic rings. The lowest BCUT2D eigenvalue weighted by Crippen LogP contribution is -2.04. The SMILES string of the molecule is Cn1nc(-c2ccc3c(c2)CCC3)c(Br)c1CN. The van der Waals surface area contributed by atoms with E-state index < -0.39 is 0 Å². The minimum atomic E-state index is 0.495. The van der Waals surface area contributed by atoms with Crippen LogP contribution in [-0.4, -0.2) is 9.78 Å². The van der Waals surface area contributed by atoms with E-state index in [1.165, 1.54) is 36.0 Å². The maximum atomic E-state index is 5.74. The Morgan fingerprint density at radius 2 is 2.11 bits per heavy atom. The zero-order valence-corrected chi connectivity index (χ0v) is 12.0. The number of hydrogen-bond acceptors (Lipinski definition) is 2. The molecule has 1 aromatic heterocycles. The van der Waals surface area contributed by atoms with Crippen LogP contribution in [0, 0.1) is 0 Å². The summed E-state index contributed by atoms with van der Waals surface area (Å²) in [7, 11) is 1.93. The van der Waals surface area contributed by atoms with E-state index in [0.717, 1.165) is 15.9 Å². The third-order valence-electron chi connectivity index (χ3n) is 3.67. The summed E-state index contributed by atoms with van der Waals surface area (Å²) >= 11 is 3.62. The summed E-state index contributed by atoms with van der Waals surface area (Å²) in [6, 6.07) is 6.67. The van der Waals surface area contributed by atoms with E-state index in [1.54, 1.807) is 0 Å². The van der Waals surface area contributed by atoms with Crippen LogP contribution in [0.25, 0.3) is 11.3 Å². The highest BCUT2D eigenvalue weighted by molar-refractivity contribution is 9.10. The van der Waals surface area contributed by atoms with E-state index in [4.69, 9.17) is 5.73 Å². The fourth-order valence-corrected chi connectivity index (χ4v) is 3.38. The lowest BCUT2D eigenvalue weighted by atomic mass is 10.0. The van der Waals surface area contributed by atoms with Gasteiger partial charge in [-0.1, -0.05) is 12.1 Å². The largest absolute Gasteiger partial charge is 0.325 e. The number of fused-ring (bicyclic) bond motifs is 1. The molecular formula is C14H16BrN3. The van der Waals surface area contributed by atoms with Gasteiger partial charge in [0.15, 0.2) is 0 Å². The van der Waals surface area contributed by atoms with Crippen molar-refractivity contribution in [3.05, 3.63) is 39.5 Å². The molecule has 1 aliphatic rings. The Labute approximate surface area is 115 Å². The van der Waals surface area contributed by atoms with Crippen molar-refractivity contribution in [2.24, 2.45) is 12.8 Å². The summed E-state index contributed by atoms with van der Waals surface area (Å²) in [5.41, 5.74) is 11.9. The van der Waals surface area contributed by atoms with E-state index in [0.29, 0.717) is 6.54 Å². The van der Waals surface area contributed by atoms with Gasteiger partial charge in [-0.15, -0.1) is 0 Å². The average Bonchev–Trinajstić information content (AvgIpc) is 2.93. The van der Waals surface area contributed by atoms with Crippen LogP contribution in [-0.2, 0) is 26.4 Å². The molecule has 0 atom stereocenters. The molecule has 1 aliphatic carbocycles. The maximum Gasteiger partial charge on any atom is 0.107 e. The van der Waals surface area contributed by atoms with Gasteiger partial charge in [-0.2, -0.15) is 5.10 Å². The number of hydrogen-bond donors (Lipinski definition) is 1. The minimum absolute atomic E-state index is 0.495. The van der Waals surface area contributed by atoms with Gasteiger partial charge >= 0.3 is 0 Å². The minimum Gasteiger partial charge on any atom is -0.325 e. The molecule has 1 heterocycles. The number of aryl methyl sites for hydroxylation is 3. The smallest absolute Gasteiger partial charge is 0.107 e. The summed E-state index contributed by atoms with van der Waals surface area (Å²) in [6.07, 6.45) is 3.68. The van der Waals surface area contributed by atoms with Gasteiger partial charge in [0.2, 0.25) is 0 Å². The monoisotopic (exact) mass is 305 g/mol. The van der Waals surface area contributed by atoms with Gasteiger partial charge in [0.25, 0.3) is 0 Å². The zero-order chi connectivity index (χ0) is 12.7. The van der Waals surface area contributed by atoms with Gasteiger partial charge in [0.05, 0.1) is 10.2 Å². The maximum absolute atomic E-state index is 5.74. The zero-order valence-electron chi connectivity index (χ0n) is 10.4. The molecule has 4 heteroatoms. The number of aromatic nitrogens is 2. The number of rotatable bonds is 2. The molecular weight excluding hydrogens is 290 g/mol. The first-order valence-corrected chi connectivity index (χ1v) is 7.03. The molecule has 1 aromatic carbocycles. The van der Waals surface area contributed by atoms with Crippen molar-refractivity contribution < 1.29 is 0 Å². The second-order valence-corrected chi connectivity index (χ2v) is 5.57. The fraction of sp³-hybridized carbons (Fsp3) is 0.357. The molecule has 0 aliphatic heterocycles. The first-order chi connectivity index (χ1) is 8.70. The predicted molar refractivity (Wildman–Crippen MR) is 76.3 cm³/mol. The summed E-state index contributed by atoms with van der Waals surface area (Å²) in [4.78, 5) is 0. The van der Waals surface area contributed by atoms with Gasteiger partial charge < -0.3 is 5.73 Å². The Bertz CT molecular complexity index is 601. The van der Waals surface area contributed by atoms with Crippen molar-refractivity contribution in [3.8, 4) is 11.3 Å². The second-order valence-electron chi connectivity index (χ2n) is 4.77. The van der Waals surface area contributed by atoms with Crippen LogP contribution >= 0.6 is 15.9 Å². The van der Waals surface area contributed by atoms with Gasteiger partial charge in [-0.25, -0.2) is 0 Å². The summed E-state index contributed by atoms with van der Waals surface area (Å²) < 4.78 is 2.87. The van der Waals surface area contributed by atoms with E-state index in [-0.39, 0.29) is 0 Å². The lowest BCUT2D eigenvalue weighted by molar-refractivity contribution is 0.713. The van der Waals surface area contributed by atoms with Crippen LogP contribution in [0.2, 0.25) is 0 Å². The van der Waals surface area contributed by atoms with E-state index in [9.17, 15) is 0 Å². The van der Waals surface area contributed by atoms with Crippen molar-refractivity contribution in [2.45, 2.75) is 25.8 Å². The summed E-state index contributed by atoms with van der Waals surface area (Å²) in [5.74, 6) is 0. The second kappa shape index (κ2) is 4.52. The molecule has 0 bridgehead atoms. The number of halogens is 1. The Morgan fingerprint density at radius 1 is 1.33 bits per heavy atom. The standard InChI is InChI=1S/C14H16BrN3/c1-18-12(8-16)13(15)14(17-18)11-6-5-9-3-2-4-10(9)7-11/h5-7H,2-4,8,16H2,1H3. The van der Waals surface area contributed by atoms with Crippen molar-refractivity contribution in [1.82, 2.24) is 9.78 Å². The average molecular weight is 306 g/mol. The number of nitrogens with two attached hydrogens (primary N) is 1. The number of nitrogens with zero attached hydrogens (tertiary/aromatic N) is 2. The molecule has 94 valence electrons. The normalized spacial score (nSPS) is 13.9. The van der Waals surface area contributed by atoms with Crippen molar-refractivity contribution >= 4 is 15.9 Å². The topological polar surface area (TPSA) is 43.8 Å². The Kier molecular flexibility index (Phi) is 2.99. The van der Waals surface area contributed by atoms with E-state index in [2.05, 4.69) is 39.2 Å². The van der Waals surface area contributed by atoms with Crippen LogP contribution in [0.3, 0.4) is 0 Å². The van der Waals surface area contributed by atoms with Crippen LogP contribution in [0.1, 0.15) is 23.2 Å². The van der Waals surface area contributed by atoms with Gasteiger partial charge in [-0.05, 0) is 52.4 Å². The molecule has 0 spiro atoms. The predicted octanol–water partition coefficient (Wildman–Crippen LogP) is 2.80. The molecule has 0 amide bonds. The van der Waals surface area contributed by atoms with Gasteiger partial charge in [0.1, 0.15) is 5.69 Å². The molecule has 3 rings (SSSR count). The third kappa shape index (κ3) is 1.80. The summed E-state index contributed by atoms with van der Waals surface area (Å²) in [5, 5.41) is 4.57. The molecule has 18 heavy (non-hydrogen) atoms. The third-order valence-corrected chi connectivity index (χ3v) is 4.50. The molecule has 0 unspecified atom stereocenters. The molecule has 3 nitrogen and oxygen atoms in total. The first kappa shape index (κ1) is 11.9. The van der Waals surface area contributed by atoms with Gasteiger partial charge in [0, 0.05) is 19.2 Å². The molecule has 0 fully saturated rings.